The number of nitrogens with zero attached hydrogens (tertiary/aromatic N) is 1. The van der Waals surface area contributed by atoms with Gasteiger partial charge in [0.05, 0.1) is 34.0 Å². The summed E-state index contributed by atoms with van der Waals surface area (Å²) in [6.07, 6.45) is 3.40. The van der Waals surface area contributed by atoms with E-state index in [2.05, 4.69) is 16.7 Å². The number of rotatable bonds is 9. The molecule has 2 heterocycles. The number of carbonyl (C=O) groups is 2. The lowest BCUT2D eigenvalue weighted by Gasteiger charge is -2.24. The third-order valence-electron chi connectivity index (χ3n) is 6.05. The second-order valence-electron chi connectivity index (χ2n) is 8.26. The van der Waals surface area contributed by atoms with Crippen LogP contribution in [0.15, 0.2) is 11.6 Å². The first kappa shape index (κ1) is 25.6. The third-order valence-corrected chi connectivity index (χ3v) is 6.05. The molecule has 0 amide bonds. The number of carbonyl (C=O) groups excluding carboxylic acids is 2. The maximum absolute atomic E-state index is 12.6. The van der Waals surface area contributed by atoms with E-state index >= 15 is 0 Å². The molecule has 0 N–H and O–H groups in total. The Bertz CT molecular complexity index is 997. The standard InChI is InChI=1S/C26H33NO7/c1-18(8-10-22(28)30-3)7-9-20-24(31-4)19(2)21-17-34-26(29)23(21)25(20)33-14-6-5-11-27-12-15-32-16-13-27/h7H,8-17H2,1-4H3/b18-7+. The molecule has 34 heavy (non-hydrogen) atoms. The highest BCUT2D eigenvalue weighted by Gasteiger charge is 2.33. The van der Waals surface area contributed by atoms with Gasteiger partial charge in [-0.3, -0.25) is 9.69 Å². The molecule has 0 unspecified atom stereocenters. The number of morpholine rings is 1. The van der Waals surface area contributed by atoms with Gasteiger partial charge in [-0.1, -0.05) is 23.5 Å². The average molecular weight is 472 g/mol. The molecule has 8 nitrogen and oxygen atoms in total. The molecule has 0 bridgehead atoms. The van der Waals surface area contributed by atoms with Gasteiger partial charge in [0.1, 0.15) is 30.3 Å². The lowest BCUT2D eigenvalue weighted by molar-refractivity contribution is -0.140. The number of benzene rings is 1. The van der Waals surface area contributed by atoms with Gasteiger partial charge in [-0.05, 0) is 32.3 Å². The fraction of sp³-hybridized carbons (Fsp3) is 0.538. The van der Waals surface area contributed by atoms with E-state index in [9.17, 15) is 9.59 Å². The van der Waals surface area contributed by atoms with Crippen LogP contribution in [0.5, 0.6) is 11.5 Å². The Kier molecular flexibility index (Phi) is 9.37. The number of allylic oxidation sites excluding steroid dienone is 2. The van der Waals surface area contributed by atoms with Crippen LogP contribution in [-0.4, -0.2) is 70.5 Å². The molecule has 8 heteroatoms. The zero-order chi connectivity index (χ0) is 24.5. The Morgan fingerprint density at radius 3 is 2.62 bits per heavy atom. The molecule has 1 fully saturated rings. The first-order valence-electron chi connectivity index (χ1n) is 11.5. The van der Waals surface area contributed by atoms with Gasteiger partial charge < -0.3 is 23.7 Å². The van der Waals surface area contributed by atoms with E-state index in [-0.39, 0.29) is 19.2 Å². The van der Waals surface area contributed by atoms with Gasteiger partial charge in [0.15, 0.2) is 0 Å². The second kappa shape index (κ2) is 12.4. The van der Waals surface area contributed by atoms with Crippen LogP contribution < -0.4 is 9.47 Å². The lowest BCUT2D eigenvalue weighted by Crippen LogP contribution is -2.36. The molecule has 0 saturated carbocycles. The molecule has 0 radical (unpaired) electrons. The minimum absolute atomic E-state index is 0.147. The minimum atomic E-state index is -0.398. The lowest BCUT2D eigenvalue weighted by atomic mass is 9.94. The van der Waals surface area contributed by atoms with Gasteiger partial charge in [0.25, 0.3) is 0 Å². The first-order chi connectivity index (χ1) is 16.5. The quantitative estimate of drug-likeness (QED) is 0.309. The van der Waals surface area contributed by atoms with E-state index in [1.807, 2.05) is 19.9 Å². The summed E-state index contributed by atoms with van der Waals surface area (Å²) in [5.41, 5.74) is 3.90. The SMILES string of the molecule is COC(=O)CC/C(C)=C/Cc1c(OC)c(C)c2c(c1OCC#CCN1CCOCC1)C(=O)OC2. The highest BCUT2D eigenvalue weighted by molar-refractivity contribution is 5.98. The van der Waals surface area contributed by atoms with E-state index in [0.717, 1.165) is 48.6 Å². The van der Waals surface area contributed by atoms with E-state index in [4.69, 9.17) is 23.7 Å². The topological polar surface area (TPSA) is 83.5 Å². The van der Waals surface area contributed by atoms with Crippen molar-refractivity contribution in [2.75, 3.05) is 53.7 Å². The zero-order valence-electron chi connectivity index (χ0n) is 20.5. The third kappa shape index (κ3) is 6.31. The molecule has 1 saturated heterocycles. The molecule has 2 aliphatic rings. The van der Waals surface area contributed by atoms with Crippen LogP contribution in [-0.2, 0) is 32.0 Å². The monoisotopic (exact) mass is 471 g/mol. The van der Waals surface area contributed by atoms with Gasteiger partial charge in [-0.2, -0.15) is 0 Å². The molecule has 0 spiro atoms. The van der Waals surface area contributed by atoms with Crippen LogP contribution in [0.1, 0.15) is 46.8 Å². The summed E-state index contributed by atoms with van der Waals surface area (Å²) in [7, 11) is 2.99. The van der Waals surface area contributed by atoms with Crippen molar-refractivity contribution < 1.29 is 33.3 Å². The van der Waals surface area contributed by atoms with Gasteiger partial charge >= 0.3 is 11.9 Å². The Hall–Kier alpha value is -3.02. The normalized spacial score (nSPS) is 15.8. The van der Waals surface area contributed by atoms with Crippen molar-refractivity contribution in [3.8, 4) is 23.3 Å². The van der Waals surface area contributed by atoms with Gasteiger partial charge in [0.2, 0.25) is 0 Å². The predicted octanol–water partition coefficient (Wildman–Crippen LogP) is 2.83. The summed E-state index contributed by atoms with van der Waals surface area (Å²) in [5.74, 6) is 6.68. The predicted molar refractivity (Wildman–Crippen MR) is 126 cm³/mol. The molecule has 0 aliphatic carbocycles. The van der Waals surface area contributed by atoms with Crippen molar-refractivity contribution in [1.29, 1.82) is 0 Å². The maximum Gasteiger partial charge on any atom is 0.342 e. The second-order valence-corrected chi connectivity index (χ2v) is 8.26. The Morgan fingerprint density at radius 2 is 1.91 bits per heavy atom. The first-order valence-corrected chi connectivity index (χ1v) is 11.5. The summed E-state index contributed by atoms with van der Waals surface area (Å²) in [6.45, 7) is 8.07. The number of cyclic esters (lactones) is 1. The number of fused-ring (bicyclic) bond motifs is 1. The number of hydrogen-bond donors (Lipinski definition) is 0. The smallest absolute Gasteiger partial charge is 0.342 e. The number of methoxy groups -OCH3 is 2. The van der Waals surface area contributed by atoms with Crippen LogP contribution in [0.4, 0.5) is 0 Å². The number of esters is 2. The Balaban J connectivity index is 1.82. The van der Waals surface area contributed by atoms with Crippen molar-refractivity contribution >= 4 is 11.9 Å². The fourth-order valence-electron chi connectivity index (χ4n) is 4.04. The van der Waals surface area contributed by atoms with E-state index in [1.54, 1.807) is 7.11 Å². The molecule has 0 atom stereocenters. The highest BCUT2D eigenvalue weighted by atomic mass is 16.5. The van der Waals surface area contributed by atoms with E-state index in [0.29, 0.717) is 42.9 Å². The van der Waals surface area contributed by atoms with Crippen LogP contribution >= 0.6 is 0 Å². The van der Waals surface area contributed by atoms with Gasteiger partial charge in [0, 0.05) is 30.6 Å². The molecule has 2 aliphatic heterocycles. The molecule has 184 valence electrons. The number of ether oxygens (including phenoxy) is 5. The average Bonchev–Trinajstić information content (AvgIpc) is 3.24. The molecule has 3 rings (SSSR count). The van der Waals surface area contributed by atoms with Crippen molar-refractivity contribution in [1.82, 2.24) is 4.90 Å². The summed E-state index contributed by atoms with van der Waals surface area (Å²) >= 11 is 0. The highest BCUT2D eigenvalue weighted by Crippen LogP contribution is 2.42. The minimum Gasteiger partial charge on any atom is -0.496 e. The molecule has 1 aromatic rings. The maximum atomic E-state index is 12.6. The van der Waals surface area contributed by atoms with Crippen molar-refractivity contribution in [3.63, 3.8) is 0 Å². The largest absolute Gasteiger partial charge is 0.496 e. The fourth-order valence-corrected chi connectivity index (χ4v) is 4.04. The van der Waals surface area contributed by atoms with Crippen molar-refractivity contribution in [3.05, 3.63) is 33.9 Å². The van der Waals surface area contributed by atoms with Crippen LogP contribution in [0.2, 0.25) is 0 Å². The Labute approximate surface area is 201 Å². The van der Waals surface area contributed by atoms with E-state index < -0.39 is 5.97 Å². The van der Waals surface area contributed by atoms with Gasteiger partial charge in [-0.15, -0.1) is 0 Å². The zero-order valence-corrected chi connectivity index (χ0v) is 20.5. The summed E-state index contributed by atoms with van der Waals surface area (Å²) in [6, 6.07) is 0. The van der Waals surface area contributed by atoms with Crippen molar-refractivity contribution in [2.45, 2.75) is 39.7 Å². The summed E-state index contributed by atoms with van der Waals surface area (Å²) in [5, 5.41) is 0. The molecular formula is C26H33NO7. The van der Waals surface area contributed by atoms with Crippen LogP contribution in [0, 0.1) is 18.8 Å². The van der Waals surface area contributed by atoms with E-state index in [1.165, 1.54) is 7.11 Å². The van der Waals surface area contributed by atoms with Crippen LogP contribution in [0.25, 0.3) is 0 Å². The van der Waals surface area contributed by atoms with Crippen LogP contribution in [0.3, 0.4) is 0 Å². The summed E-state index contributed by atoms with van der Waals surface area (Å²) in [4.78, 5) is 26.3. The van der Waals surface area contributed by atoms with Gasteiger partial charge in [-0.25, -0.2) is 4.79 Å². The molecule has 0 aromatic heterocycles. The molecular weight excluding hydrogens is 438 g/mol. The Morgan fingerprint density at radius 1 is 1.15 bits per heavy atom. The molecule has 1 aromatic carbocycles. The van der Waals surface area contributed by atoms with Crippen molar-refractivity contribution in [2.24, 2.45) is 0 Å². The number of hydrogen-bond acceptors (Lipinski definition) is 8. The summed E-state index contributed by atoms with van der Waals surface area (Å²) < 4.78 is 27.2.